The van der Waals surface area contributed by atoms with Crippen molar-refractivity contribution < 1.29 is 19.4 Å². The predicted molar refractivity (Wildman–Crippen MR) is 79.7 cm³/mol. The van der Waals surface area contributed by atoms with Crippen LogP contribution in [-0.4, -0.2) is 55.4 Å². The minimum atomic E-state index is -0.231. The largest absolute Gasteiger partial charge is 0.495 e. The Labute approximate surface area is 129 Å². The first-order chi connectivity index (χ1) is 10.2. The van der Waals surface area contributed by atoms with Gasteiger partial charge in [-0.15, -0.1) is 0 Å². The monoisotopic (exact) mass is 313 g/mol. The minimum absolute atomic E-state index is 0.0318. The molecule has 0 saturated carbocycles. The summed E-state index contributed by atoms with van der Waals surface area (Å²) in [5, 5.41) is 9.83. The molecule has 1 aromatic carbocycles. The normalized spacial score (nSPS) is 18.6. The summed E-state index contributed by atoms with van der Waals surface area (Å²) in [5.74, 6) is 0.657. The average Bonchev–Trinajstić information content (AvgIpc) is 2.52. The van der Waals surface area contributed by atoms with E-state index < -0.39 is 0 Å². The third-order valence-electron chi connectivity index (χ3n) is 3.60. The molecule has 1 unspecified atom stereocenters. The number of carbonyl (C=O) groups excluding carboxylic acids is 1. The first kappa shape index (κ1) is 16.1. The van der Waals surface area contributed by atoms with Gasteiger partial charge in [0.2, 0.25) is 5.91 Å². The summed E-state index contributed by atoms with van der Waals surface area (Å²) in [5.41, 5.74) is 0.989. The average molecular weight is 314 g/mol. The van der Waals surface area contributed by atoms with Crippen molar-refractivity contribution in [1.29, 1.82) is 0 Å². The number of ether oxygens (including phenoxy) is 2. The van der Waals surface area contributed by atoms with Gasteiger partial charge < -0.3 is 19.5 Å². The Morgan fingerprint density at radius 2 is 2.38 bits per heavy atom. The molecule has 0 spiro atoms. The number of aliphatic hydroxyl groups excluding tert-OH is 1. The number of benzene rings is 1. The molecule has 21 heavy (non-hydrogen) atoms. The van der Waals surface area contributed by atoms with Crippen LogP contribution in [0.1, 0.15) is 12.0 Å². The van der Waals surface area contributed by atoms with Crippen LogP contribution < -0.4 is 4.74 Å². The highest BCUT2D eigenvalue weighted by atomic mass is 35.5. The number of amides is 1. The molecule has 1 heterocycles. The number of rotatable bonds is 5. The molecule has 1 fully saturated rings. The van der Waals surface area contributed by atoms with Gasteiger partial charge in [-0.25, -0.2) is 0 Å². The summed E-state index contributed by atoms with van der Waals surface area (Å²) in [7, 11) is 1.57. The fourth-order valence-electron chi connectivity index (χ4n) is 2.39. The number of halogens is 1. The SMILES string of the molecule is COc1ccc(CCC(=O)N2CCOCC2CO)cc1Cl. The van der Waals surface area contributed by atoms with Gasteiger partial charge in [0.15, 0.2) is 0 Å². The van der Waals surface area contributed by atoms with Crippen molar-refractivity contribution in [2.24, 2.45) is 0 Å². The maximum atomic E-state index is 12.3. The highest BCUT2D eigenvalue weighted by molar-refractivity contribution is 6.32. The molecule has 1 aliphatic heterocycles. The molecule has 1 aromatic rings. The van der Waals surface area contributed by atoms with Gasteiger partial charge in [-0.2, -0.15) is 0 Å². The first-order valence-corrected chi connectivity index (χ1v) is 7.34. The number of morpholine rings is 1. The van der Waals surface area contributed by atoms with Gasteiger partial charge in [0.25, 0.3) is 0 Å². The van der Waals surface area contributed by atoms with E-state index in [9.17, 15) is 9.90 Å². The van der Waals surface area contributed by atoms with E-state index in [1.807, 2.05) is 12.1 Å². The highest BCUT2D eigenvalue weighted by Gasteiger charge is 2.26. The van der Waals surface area contributed by atoms with Gasteiger partial charge in [0, 0.05) is 13.0 Å². The molecule has 6 heteroatoms. The molecule has 1 amide bonds. The van der Waals surface area contributed by atoms with Crippen molar-refractivity contribution in [3.8, 4) is 5.75 Å². The lowest BCUT2D eigenvalue weighted by atomic mass is 10.1. The first-order valence-electron chi connectivity index (χ1n) is 6.96. The summed E-state index contributed by atoms with van der Waals surface area (Å²) in [6.07, 6.45) is 0.997. The molecule has 116 valence electrons. The lowest BCUT2D eigenvalue weighted by Gasteiger charge is -2.34. The zero-order valence-electron chi connectivity index (χ0n) is 12.0. The molecule has 1 aliphatic rings. The highest BCUT2D eigenvalue weighted by Crippen LogP contribution is 2.25. The van der Waals surface area contributed by atoms with Crippen molar-refractivity contribution in [2.75, 3.05) is 33.5 Å². The summed E-state index contributed by atoms with van der Waals surface area (Å²) in [6.45, 7) is 1.39. The second-order valence-electron chi connectivity index (χ2n) is 4.97. The molecular weight excluding hydrogens is 294 g/mol. The van der Waals surface area contributed by atoms with Crippen LogP contribution in [0.15, 0.2) is 18.2 Å². The Balaban J connectivity index is 1.92. The van der Waals surface area contributed by atoms with Crippen LogP contribution in [0.5, 0.6) is 5.75 Å². The van der Waals surface area contributed by atoms with Gasteiger partial charge >= 0.3 is 0 Å². The number of aliphatic hydroxyl groups is 1. The lowest BCUT2D eigenvalue weighted by molar-refractivity contribution is -0.141. The summed E-state index contributed by atoms with van der Waals surface area (Å²) in [6, 6.07) is 5.29. The minimum Gasteiger partial charge on any atom is -0.495 e. The van der Waals surface area contributed by atoms with E-state index in [1.165, 1.54) is 0 Å². The van der Waals surface area contributed by atoms with E-state index in [0.717, 1.165) is 5.56 Å². The van der Waals surface area contributed by atoms with Crippen LogP contribution in [0, 0.1) is 0 Å². The number of methoxy groups -OCH3 is 1. The fourth-order valence-corrected chi connectivity index (χ4v) is 2.67. The smallest absolute Gasteiger partial charge is 0.223 e. The number of nitrogens with zero attached hydrogens (tertiary/aromatic N) is 1. The molecule has 0 aromatic heterocycles. The van der Waals surface area contributed by atoms with Crippen molar-refractivity contribution in [2.45, 2.75) is 18.9 Å². The molecular formula is C15H20ClNO4. The van der Waals surface area contributed by atoms with Gasteiger partial charge in [0.1, 0.15) is 5.75 Å². The Morgan fingerprint density at radius 1 is 1.57 bits per heavy atom. The van der Waals surface area contributed by atoms with Gasteiger partial charge in [-0.1, -0.05) is 17.7 Å². The van der Waals surface area contributed by atoms with E-state index >= 15 is 0 Å². The van der Waals surface area contributed by atoms with Crippen LogP contribution in [-0.2, 0) is 16.0 Å². The molecule has 1 atom stereocenters. The maximum Gasteiger partial charge on any atom is 0.223 e. The number of carbonyl (C=O) groups is 1. The second-order valence-corrected chi connectivity index (χ2v) is 5.37. The third kappa shape index (κ3) is 4.09. The number of hydrogen-bond acceptors (Lipinski definition) is 4. The van der Waals surface area contributed by atoms with Crippen molar-refractivity contribution in [3.63, 3.8) is 0 Å². The van der Waals surface area contributed by atoms with E-state index in [1.54, 1.807) is 18.1 Å². The molecule has 5 nitrogen and oxygen atoms in total. The molecule has 1 N–H and O–H groups in total. The third-order valence-corrected chi connectivity index (χ3v) is 3.90. The Morgan fingerprint density at radius 3 is 3.05 bits per heavy atom. The van der Waals surface area contributed by atoms with Crippen LogP contribution in [0.4, 0.5) is 0 Å². The van der Waals surface area contributed by atoms with Crippen molar-refractivity contribution in [1.82, 2.24) is 4.90 Å². The predicted octanol–water partition coefficient (Wildman–Crippen LogP) is 1.50. The molecule has 0 aliphatic carbocycles. The van der Waals surface area contributed by atoms with Crippen molar-refractivity contribution >= 4 is 17.5 Å². The standard InChI is InChI=1S/C15H20ClNO4/c1-20-14-4-2-11(8-13(14)16)3-5-15(19)17-6-7-21-10-12(17)9-18/h2,4,8,12,18H,3,5-7,9-10H2,1H3. The molecule has 0 bridgehead atoms. The number of aryl methyl sites for hydroxylation is 1. The van der Waals surface area contributed by atoms with E-state index in [2.05, 4.69) is 0 Å². The van der Waals surface area contributed by atoms with E-state index in [4.69, 9.17) is 21.1 Å². The molecule has 0 radical (unpaired) electrons. The van der Waals surface area contributed by atoms with E-state index in [-0.39, 0.29) is 18.6 Å². The zero-order chi connectivity index (χ0) is 15.2. The maximum absolute atomic E-state index is 12.3. The van der Waals surface area contributed by atoms with E-state index in [0.29, 0.717) is 43.4 Å². The quantitative estimate of drug-likeness (QED) is 0.895. The molecule has 2 rings (SSSR count). The lowest BCUT2D eigenvalue weighted by Crippen LogP contribution is -2.50. The summed E-state index contributed by atoms with van der Waals surface area (Å²) in [4.78, 5) is 14.0. The van der Waals surface area contributed by atoms with Crippen molar-refractivity contribution in [3.05, 3.63) is 28.8 Å². The summed E-state index contributed by atoms with van der Waals surface area (Å²) >= 11 is 6.07. The van der Waals surface area contributed by atoms with Gasteiger partial charge in [-0.3, -0.25) is 4.79 Å². The summed E-state index contributed by atoms with van der Waals surface area (Å²) < 4.78 is 10.4. The topological polar surface area (TPSA) is 59.0 Å². The van der Waals surface area contributed by atoms with Gasteiger partial charge in [0.05, 0.1) is 38.0 Å². The Bertz CT molecular complexity index is 495. The molecule has 1 saturated heterocycles. The zero-order valence-corrected chi connectivity index (χ0v) is 12.8. The number of hydrogen-bond donors (Lipinski definition) is 1. The Kier molecular flexibility index (Phi) is 5.85. The second kappa shape index (κ2) is 7.64. The van der Waals surface area contributed by atoms with Gasteiger partial charge in [-0.05, 0) is 24.1 Å². The van der Waals surface area contributed by atoms with Crippen LogP contribution in [0.3, 0.4) is 0 Å². The van der Waals surface area contributed by atoms with Crippen LogP contribution in [0.25, 0.3) is 0 Å². The fraction of sp³-hybridized carbons (Fsp3) is 0.533. The Hall–Kier alpha value is -1.30. The van der Waals surface area contributed by atoms with Crippen LogP contribution >= 0.6 is 11.6 Å². The van der Waals surface area contributed by atoms with Crippen LogP contribution in [0.2, 0.25) is 5.02 Å².